The van der Waals surface area contributed by atoms with Crippen LogP contribution in [0.2, 0.25) is 0 Å². The fraction of sp³-hybridized carbons (Fsp3) is 0.462. The van der Waals surface area contributed by atoms with Crippen molar-refractivity contribution in [1.29, 1.82) is 0 Å². The molecule has 1 aliphatic rings. The summed E-state index contributed by atoms with van der Waals surface area (Å²) in [4.78, 5) is 11.9. The Labute approximate surface area is 95.8 Å². The molecule has 2 rings (SSSR count). The summed E-state index contributed by atoms with van der Waals surface area (Å²) < 4.78 is 5.10. The third-order valence-electron chi connectivity index (χ3n) is 2.90. The Morgan fingerprint density at radius 1 is 1.50 bits per heavy atom. The largest absolute Gasteiger partial charge is 0.462 e. The highest BCUT2D eigenvalue weighted by Crippen LogP contribution is 2.29. The molecule has 1 aliphatic heterocycles. The summed E-state index contributed by atoms with van der Waals surface area (Å²) in [5.41, 5.74) is 3.88. The van der Waals surface area contributed by atoms with Gasteiger partial charge in [0, 0.05) is 6.54 Å². The molecule has 0 radical (unpaired) electrons. The smallest absolute Gasteiger partial charge is 0.340 e. The Morgan fingerprint density at radius 2 is 2.31 bits per heavy atom. The van der Waals surface area contributed by atoms with Gasteiger partial charge < -0.3 is 10.1 Å². The molecule has 0 bridgehead atoms. The number of carbonyl (C=O) groups is 1. The van der Waals surface area contributed by atoms with Crippen LogP contribution in [0.4, 0.5) is 5.69 Å². The van der Waals surface area contributed by atoms with Crippen LogP contribution >= 0.6 is 0 Å². The van der Waals surface area contributed by atoms with Gasteiger partial charge in [-0.25, -0.2) is 4.79 Å². The summed E-state index contributed by atoms with van der Waals surface area (Å²) in [5.74, 6) is -0.216. The molecule has 0 aliphatic carbocycles. The van der Waals surface area contributed by atoms with E-state index in [4.69, 9.17) is 4.74 Å². The average molecular weight is 219 g/mol. The number of carbonyl (C=O) groups excluding carboxylic acids is 1. The van der Waals surface area contributed by atoms with Crippen molar-refractivity contribution >= 4 is 11.7 Å². The molecule has 0 fully saturated rings. The predicted octanol–water partition coefficient (Wildman–Crippen LogP) is 2.53. The van der Waals surface area contributed by atoms with Crippen molar-refractivity contribution in [2.24, 2.45) is 0 Å². The van der Waals surface area contributed by atoms with Crippen molar-refractivity contribution in [2.75, 3.05) is 18.5 Å². The first-order valence-electron chi connectivity index (χ1n) is 5.77. The van der Waals surface area contributed by atoms with Crippen molar-refractivity contribution in [3.63, 3.8) is 0 Å². The van der Waals surface area contributed by atoms with Crippen molar-refractivity contribution < 1.29 is 9.53 Å². The molecule has 3 heteroatoms. The number of hydrogen-bond donors (Lipinski definition) is 1. The summed E-state index contributed by atoms with van der Waals surface area (Å²) in [5, 5.41) is 3.31. The highest BCUT2D eigenvalue weighted by molar-refractivity contribution is 5.98. The van der Waals surface area contributed by atoms with E-state index in [1.807, 2.05) is 19.9 Å². The molecule has 0 amide bonds. The molecule has 1 aromatic rings. The molecule has 0 saturated carbocycles. The molecule has 0 spiro atoms. The Hall–Kier alpha value is -1.51. The molecule has 1 N–H and O–H groups in total. The van der Waals surface area contributed by atoms with E-state index < -0.39 is 0 Å². The van der Waals surface area contributed by atoms with Gasteiger partial charge in [0.15, 0.2) is 0 Å². The van der Waals surface area contributed by atoms with Crippen LogP contribution in [0, 0.1) is 6.92 Å². The molecular weight excluding hydrogens is 202 g/mol. The molecule has 0 aromatic heterocycles. The maximum absolute atomic E-state index is 11.9. The molecule has 86 valence electrons. The van der Waals surface area contributed by atoms with Crippen LogP contribution in [0.15, 0.2) is 12.1 Å². The second-order valence-electron chi connectivity index (χ2n) is 4.04. The SMILES string of the molecule is CCOC(=O)c1c(C)ccc2c1NCCC2. The fourth-order valence-corrected chi connectivity index (χ4v) is 2.12. The normalized spacial score (nSPS) is 13.9. The van der Waals surface area contributed by atoms with Gasteiger partial charge in [-0.1, -0.05) is 12.1 Å². The van der Waals surface area contributed by atoms with Crippen molar-refractivity contribution in [1.82, 2.24) is 0 Å². The Balaban J connectivity index is 2.45. The Morgan fingerprint density at radius 3 is 3.06 bits per heavy atom. The van der Waals surface area contributed by atoms with E-state index in [-0.39, 0.29) is 5.97 Å². The standard InChI is InChI=1S/C13H17NO2/c1-3-16-13(15)11-9(2)6-7-10-5-4-8-14-12(10)11/h6-7,14H,3-5,8H2,1-2H3. The highest BCUT2D eigenvalue weighted by Gasteiger charge is 2.20. The minimum atomic E-state index is -0.216. The van der Waals surface area contributed by atoms with Gasteiger partial charge in [-0.3, -0.25) is 0 Å². The van der Waals surface area contributed by atoms with Crippen LogP contribution in [0.3, 0.4) is 0 Å². The minimum absolute atomic E-state index is 0.216. The van der Waals surface area contributed by atoms with E-state index in [9.17, 15) is 4.79 Å². The van der Waals surface area contributed by atoms with E-state index in [2.05, 4.69) is 11.4 Å². The topological polar surface area (TPSA) is 38.3 Å². The van der Waals surface area contributed by atoms with Crippen LogP contribution in [0.5, 0.6) is 0 Å². The number of nitrogens with one attached hydrogen (secondary N) is 1. The summed E-state index contributed by atoms with van der Waals surface area (Å²) in [6.45, 7) is 5.13. The van der Waals surface area contributed by atoms with Gasteiger partial charge in [0.05, 0.1) is 17.9 Å². The van der Waals surface area contributed by atoms with Gasteiger partial charge in [-0.2, -0.15) is 0 Å². The average Bonchev–Trinajstić information content (AvgIpc) is 2.29. The summed E-state index contributed by atoms with van der Waals surface area (Å²) in [6.07, 6.45) is 2.16. The molecule has 0 atom stereocenters. The van der Waals surface area contributed by atoms with Crippen LogP contribution in [0.1, 0.15) is 34.8 Å². The predicted molar refractivity (Wildman–Crippen MR) is 63.9 cm³/mol. The number of anilines is 1. The summed E-state index contributed by atoms with van der Waals surface area (Å²) in [6, 6.07) is 4.09. The fourth-order valence-electron chi connectivity index (χ4n) is 2.12. The van der Waals surface area contributed by atoms with E-state index in [1.54, 1.807) is 0 Å². The van der Waals surface area contributed by atoms with Crippen LogP contribution in [-0.2, 0) is 11.2 Å². The molecule has 16 heavy (non-hydrogen) atoms. The van der Waals surface area contributed by atoms with Crippen molar-refractivity contribution in [3.05, 3.63) is 28.8 Å². The van der Waals surface area contributed by atoms with Crippen LogP contribution in [0.25, 0.3) is 0 Å². The zero-order valence-electron chi connectivity index (χ0n) is 9.80. The third-order valence-corrected chi connectivity index (χ3v) is 2.90. The third kappa shape index (κ3) is 1.90. The van der Waals surface area contributed by atoms with E-state index in [0.29, 0.717) is 12.2 Å². The second kappa shape index (κ2) is 4.56. The zero-order chi connectivity index (χ0) is 11.5. The maximum atomic E-state index is 11.9. The molecule has 1 aromatic carbocycles. The second-order valence-corrected chi connectivity index (χ2v) is 4.04. The number of rotatable bonds is 2. The number of benzene rings is 1. The minimum Gasteiger partial charge on any atom is -0.462 e. The Bertz CT molecular complexity index is 413. The molecule has 0 unspecified atom stereocenters. The van der Waals surface area contributed by atoms with Crippen LogP contribution < -0.4 is 5.32 Å². The Kier molecular flexibility index (Phi) is 3.13. The van der Waals surface area contributed by atoms with Crippen LogP contribution in [-0.4, -0.2) is 19.1 Å². The lowest BCUT2D eigenvalue weighted by Crippen LogP contribution is -2.18. The monoisotopic (exact) mass is 219 g/mol. The van der Waals surface area contributed by atoms with Gasteiger partial charge in [-0.05, 0) is 37.8 Å². The number of esters is 1. The number of aryl methyl sites for hydroxylation is 2. The highest BCUT2D eigenvalue weighted by atomic mass is 16.5. The van der Waals surface area contributed by atoms with Gasteiger partial charge in [-0.15, -0.1) is 0 Å². The quantitative estimate of drug-likeness (QED) is 0.777. The summed E-state index contributed by atoms with van der Waals surface area (Å²) in [7, 11) is 0. The van der Waals surface area contributed by atoms with Crippen molar-refractivity contribution in [3.8, 4) is 0 Å². The lowest BCUT2D eigenvalue weighted by Gasteiger charge is -2.21. The van der Waals surface area contributed by atoms with E-state index >= 15 is 0 Å². The van der Waals surface area contributed by atoms with Gasteiger partial charge in [0.1, 0.15) is 0 Å². The first-order valence-corrected chi connectivity index (χ1v) is 5.77. The molecule has 3 nitrogen and oxygen atoms in total. The van der Waals surface area contributed by atoms with Gasteiger partial charge in [0.25, 0.3) is 0 Å². The van der Waals surface area contributed by atoms with E-state index in [1.165, 1.54) is 5.56 Å². The lowest BCUT2D eigenvalue weighted by molar-refractivity contribution is 0.0526. The first kappa shape index (κ1) is 11.0. The van der Waals surface area contributed by atoms with Gasteiger partial charge >= 0.3 is 5.97 Å². The van der Waals surface area contributed by atoms with Crippen molar-refractivity contribution in [2.45, 2.75) is 26.7 Å². The first-order chi connectivity index (χ1) is 7.74. The van der Waals surface area contributed by atoms with Gasteiger partial charge in [0.2, 0.25) is 0 Å². The van der Waals surface area contributed by atoms with E-state index in [0.717, 1.165) is 30.6 Å². The zero-order valence-corrected chi connectivity index (χ0v) is 9.80. The number of ether oxygens (including phenoxy) is 1. The molecule has 0 saturated heterocycles. The molecular formula is C13H17NO2. The molecule has 1 heterocycles. The number of fused-ring (bicyclic) bond motifs is 1. The summed E-state index contributed by atoms with van der Waals surface area (Å²) >= 11 is 0. The lowest BCUT2D eigenvalue weighted by atomic mass is 9.96. The number of hydrogen-bond acceptors (Lipinski definition) is 3. The maximum Gasteiger partial charge on any atom is 0.340 e.